The Hall–Kier alpha value is -3.01. The minimum Gasteiger partial charge on any atom is -0.256 e. The van der Waals surface area contributed by atoms with Crippen molar-refractivity contribution in [3.8, 4) is 5.69 Å². The second-order valence-corrected chi connectivity index (χ2v) is 5.71. The van der Waals surface area contributed by atoms with E-state index >= 15 is 0 Å². The molecule has 0 aliphatic carbocycles. The van der Waals surface area contributed by atoms with Gasteiger partial charge in [-0.2, -0.15) is 5.10 Å². The molecule has 4 rings (SSSR count). The van der Waals surface area contributed by atoms with Gasteiger partial charge in [0.1, 0.15) is 11.5 Å². The maximum Gasteiger partial charge on any atom is 0.148 e. The zero-order valence-corrected chi connectivity index (χ0v) is 13.1. The van der Waals surface area contributed by atoms with E-state index < -0.39 is 0 Å². The highest BCUT2D eigenvalue weighted by atomic mass is 19.1. The van der Waals surface area contributed by atoms with Gasteiger partial charge in [-0.25, -0.2) is 9.07 Å². The van der Waals surface area contributed by atoms with Crippen molar-refractivity contribution in [2.24, 2.45) is 4.99 Å². The zero-order valence-electron chi connectivity index (χ0n) is 13.1. The van der Waals surface area contributed by atoms with Gasteiger partial charge in [0.2, 0.25) is 0 Å². The maximum atomic E-state index is 13.9. The maximum absolute atomic E-state index is 13.9. The lowest BCUT2D eigenvalue weighted by Gasteiger charge is -2.05. The molecule has 0 unspecified atom stereocenters. The molecule has 0 N–H and O–H groups in total. The second kappa shape index (κ2) is 6.24. The molecule has 0 radical (unpaired) electrons. The van der Waals surface area contributed by atoms with Crippen LogP contribution in [0.2, 0.25) is 0 Å². The van der Waals surface area contributed by atoms with E-state index in [4.69, 9.17) is 0 Å². The summed E-state index contributed by atoms with van der Waals surface area (Å²) < 4.78 is 15.5. The Labute approximate surface area is 139 Å². The van der Waals surface area contributed by atoms with E-state index in [9.17, 15) is 4.39 Å². The van der Waals surface area contributed by atoms with E-state index in [1.54, 1.807) is 29.1 Å². The van der Waals surface area contributed by atoms with E-state index in [-0.39, 0.29) is 5.82 Å². The Kier molecular flexibility index (Phi) is 3.79. The SMILES string of the molecule is Fc1ccccc1-n1cc(/C2=C/N=c3\cccc\c3=C\CC2)cn1. The fraction of sp³-hybridized carbons (Fsp3) is 0.100. The van der Waals surface area contributed by atoms with Crippen LogP contribution < -0.4 is 10.6 Å². The molecule has 1 aliphatic rings. The summed E-state index contributed by atoms with van der Waals surface area (Å²) in [5.74, 6) is -0.286. The number of rotatable bonds is 2. The molecule has 2 heterocycles. The molecule has 0 saturated carbocycles. The normalized spacial score (nSPS) is 18.8. The molecule has 0 bridgehead atoms. The first-order chi connectivity index (χ1) is 11.8. The summed E-state index contributed by atoms with van der Waals surface area (Å²) in [5, 5.41) is 6.44. The number of hydrogen-bond donors (Lipinski definition) is 0. The van der Waals surface area contributed by atoms with E-state index in [2.05, 4.69) is 22.2 Å². The number of benzene rings is 2. The predicted molar refractivity (Wildman–Crippen MR) is 92.4 cm³/mol. The molecule has 24 heavy (non-hydrogen) atoms. The molecule has 1 aromatic heterocycles. The average molecular weight is 317 g/mol. The van der Waals surface area contributed by atoms with Gasteiger partial charge in [0, 0.05) is 18.0 Å². The van der Waals surface area contributed by atoms with E-state index in [1.807, 2.05) is 30.6 Å². The Bertz CT molecular complexity index is 1030. The zero-order chi connectivity index (χ0) is 16.4. The smallest absolute Gasteiger partial charge is 0.148 e. The molecule has 0 atom stereocenters. The van der Waals surface area contributed by atoms with Crippen molar-refractivity contribution in [1.29, 1.82) is 0 Å². The summed E-state index contributed by atoms with van der Waals surface area (Å²) in [4.78, 5) is 4.60. The standard InChI is InChI=1S/C20H16FN3/c21-18-9-2-4-11-20(18)24-14-17(13-23-24)16-8-5-7-15-6-1-3-10-19(15)22-12-16/h1-4,6-7,9-14H,5,8H2/b15-7-,16-12+,22-19+. The summed E-state index contributed by atoms with van der Waals surface area (Å²) in [7, 11) is 0. The van der Waals surface area contributed by atoms with Crippen LogP contribution in [0.25, 0.3) is 17.3 Å². The van der Waals surface area contributed by atoms with Gasteiger partial charge in [-0.1, -0.05) is 36.4 Å². The number of hydrogen-bond acceptors (Lipinski definition) is 2. The summed E-state index contributed by atoms with van der Waals surface area (Å²) in [5.41, 5.74) is 2.52. The average Bonchev–Trinajstić information content (AvgIpc) is 3.06. The van der Waals surface area contributed by atoms with Gasteiger partial charge >= 0.3 is 0 Å². The molecular weight excluding hydrogens is 301 g/mol. The van der Waals surface area contributed by atoms with Crippen molar-refractivity contribution in [2.75, 3.05) is 0 Å². The molecule has 1 aliphatic heterocycles. The lowest BCUT2D eigenvalue weighted by atomic mass is 10.0. The molecule has 3 nitrogen and oxygen atoms in total. The Balaban J connectivity index is 1.73. The number of para-hydroxylation sites is 2. The lowest BCUT2D eigenvalue weighted by Crippen LogP contribution is -2.24. The van der Waals surface area contributed by atoms with Crippen LogP contribution in [0.15, 0.2) is 72.1 Å². The van der Waals surface area contributed by atoms with Gasteiger partial charge in [-0.05, 0) is 41.8 Å². The highest BCUT2D eigenvalue weighted by Gasteiger charge is 2.09. The summed E-state index contributed by atoms with van der Waals surface area (Å²) in [6.45, 7) is 0. The number of halogens is 1. The van der Waals surface area contributed by atoms with Crippen molar-refractivity contribution < 1.29 is 4.39 Å². The summed E-state index contributed by atoms with van der Waals surface area (Å²) in [6, 6.07) is 14.7. The largest absolute Gasteiger partial charge is 0.256 e. The van der Waals surface area contributed by atoms with Crippen molar-refractivity contribution in [3.63, 3.8) is 0 Å². The Morgan fingerprint density at radius 2 is 1.83 bits per heavy atom. The molecule has 118 valence electrons. The van der Waals surface area contributed by atoms with Crippen molar-refractivity contribution >= 4 is 11.6 Å². The van der Waals surface area contributed by atoms with E-state index in [1.165, 1.54) is 6.07 Å². The van der Waals surface area contributed by atoms with Crippen LogP contribution in [0.4, 0.5) is 4.39 Å². The van der Waals surface area contributed by atoms with E-state index in [0.29, 0.717) is 5.69 Å². The molecule has 0 amide bonds. The van der Waals surface area contributed by atoms with Crippen LogP contribution in [0.1, 0.15) is 18.4 Å². The number of nitrogens with zero attached hydrogens (tertiary/aromatic N) is 3. The van der Waals surface area contributed by atoms with Gasteiger partial charge in [0.15, 0.2) is 0 Å². The molecule has 0 saturated heterocycles. The van der Waals surface area contributed by atoms with Crippen molar-refractivity contribution in [3.05, 3.63) is 89.1 Å². The first kappa shape index (κ1) is 14.6. The predicted octanol–water partition coefficient (Wildman–Crippen LogP) is 3.25. The minimum absolute atomic E-state index is 0.286. The second-order valence-electron chi connectivity index (χ2n) is 5.71. The third-order valence-electron chi connectivity index (χ3n) is 4.13. The van der Waals surface area contributed by atoms with Crippen LogP contribution in [0, 0.1) is 5.82 Å². The first-order valence-corrected chi connectivity index (χ1v) is 7.93. The quantitative estimate of drug-likeness (QED) is 0.713. The summed E-state index contributed by atoms with van der Waals surface area (Å²) in [6.07, 6.45) is 9.53. The van der Waals surface area contributed by atoms with Gasteiger partial charge in [0.05, 0.1) is 11.6 Å². The topological polar surface area (TPSA) is 30.2 Å². The molecule has 2 aromatic carbocycles. The number of allylic oxidation sites excluding steroid dienone is 1. The number of aromatic nitrogens is 2. The van der Waals surface area contributed by atoms with Crippen LogP contribution in [0.5, 0.6) is 0 Å². The minimum atomic E-state index is -0.286. The highest BCUT2D eigenvalue weighted by Crippen LogP contribution is 2.22. The fourth-order valence-corrected chi connectivity index (χ4v) is 2.85. The molecule has 3 aromatic rings. The van der Waals surface area contributed by atoms with E-state index in [0.717, 1.165) is 34.6 Å². The van der Waals surface area contributed by atoms with Crippen LogP contribution >= 0.6 is 0 Å². The fourth-order valence-electron chi connectivity index (χ4n) is 2.85. The molecule has 0 fully saturated rings. The van der Waals surface area contributed by atoms with Gasteiger partial charge in [-0.15, -0.1) is 0 Å². The highest BCUT2D eigenvalue weighted by molar-refractivity contribution is 5.65. The first-order valence-electron chi connectivity index (χ1n) is 7.93. The Morgan fingerprint density at radius 1 is 1.00 bits per heavy atom. The van der Waals surface area contributed by atoms with Gasteiger partial charge < -0.3 is 0 Å². The van der Waals surface area contributed by atoms with Crippen LogP contribution in [-0.2, 0) is 0 Å². The van der Waals surface area contributed by atoms with Crippen molar-refractivity contribution in [1.82, 2.24) is 9.78 Å². The monoisotopic (exact) mass is 317 g/mol. The third kappa shape index (κ3) is 2.78. The third-order valence-corrected chi connectivity index (χ3v) is 4.13. The molecule has 4 heteroatoms. The van der Waals surface area contributed by atoms with Crippen LogP contribution in [-0.4, -0.2) is 9.78 Å². The number of fused-ring (bicyclic) bond motifs is 1. The van der Waals surface area contributed by atoms with Gasteiger partial charge in [-0.3, -0.25) is 4.99 Å². The molecular formula is C20H16FN3. The summed E-state index contributed by atoms with van der Waals surface area (Å²) >= 11 is 0. The molecule has 0 spiro atoms. The van der Waals surface area contributed by atoms with Gasteiger partial charge in [0.25, 0.3) is 0 Å². The Morgan fingerprint density at radius 3 is 2.75 bits per heavy atom. The van der Waals surface area contributed by atoms with Crippen LogP contribution in [0.3, 0.4) is 0 Å². The lowest BCUT2D eigenvalue weighted by molar-refractivity contribution is 0.611. The van der Waals surface area contributed by atoms with Crippen molar-refractivity contribution in [2.45, 2.75) is 12.8 Å².